The van der Waals surface area contributed by atoms with Crippen molar-refractivity contribution in [1.82, 2.24) is 0 Å². The Kier molecular flexibility index (Phi) is 4.09. The molecule has 5 heteroatoms. The molecule has 0 aliphatic carbocycles. The van der Waals surface area contributed by atoms with Crippen molar-refractivity contribution < 1.29 is 13.9 Å². The molecule has 2 rings (SSSR count). The van der Waals surface area contributed by atoms with Gasteiger partial charge in [0.25, 0.3) is 0 Å². The fourth-order valence-electron chi connectivity index (χ4n) is 1.78. The van der Waals surface area contributed by atoms with E-state index in [4.69, 9.17) is 23.2 Å². The zero-order chi connectivity index (χ0) is 14.2. The second-order valence-electron chi connectivity index (χ2n) is 4.19. The first kappa shape index (κ1) is 14.3. The minimum absolute atomic E-state index is 0.0388. The normalized spacial score (nSPS) is 12.5. The van der Waals surface area contributed by atoms with Crippen molar-refractivity contribution in [3.05, 3.63) is 68.7 Å². The molecule has 2 aromatic carbocycles. The molecule has 100 valence electrons. The molecule has 0 radical (unpaired) electrons. The Balaban J connectivity index is 2.52. The highest BCUT2D eigenvalue weighted by Crippen LogP contribution is 2.32. The number of rotatable bonds is 2. The number of aliphatic hydroxyl groups excluding tert-OH is 1. The molecule has 0 saturated heterocycles. The van der Waals surface area contributed by atoms with Gasteiger partial charge in [-0.15, -0.1) is 0 Å². The van der Waals surface area contributed by atoms with Gasteiger partial charge in [0.15, 0.2) is 0 Å². The second-order valence-corrected chi connectivity index (χ2v) is 5.03. The van der Waals surface area contributed by atoms with Crippen LogP contribution in [-0.2, 0) is 0 Å². The van der Waals surface area contributed by atoms with Crippen molar-refractivity contribution in [3.63, 3.8) is 0 Å². The lowest BCUT2D eigenvalue weighted by Crippen LogP contribution is -2.05. The van der Waals surface area contributed by atoms with Gasteiger partial charge in [-0.1, -0.05) is 23.2 Å². The Morgan fingerprint density at radius 2 is 1.68 bits per heavy atom. The molecule has 1 unspecified atom stereocenters. The molecular weight excluding hydrogens is 293 g/mol. The van der Waals surface area contributed by atoms with E-state index >= 15 is 0 Å². The first-order chi connectivity index (χ1) is 8.90. The van der Waals surface area contributed by atoms with Crippen LogP contribution in [-0.4, -0.2) is 5.11 Å². The highest BCUT2D eigenvalue weighted by Gasteiger charge is 2.19. The summed E-state index contributed by atoms with van der Waals surface area (Å²) in [6.45, 7) is 1.49. The molecule has 0 aromatic heterocycles. The van der Waals surface area contributed by atoms with Gasteiger partial charge in [0.05, 0.1) is 0 Å². The van der Waals surface area contributed by atoms with Crippen molar-refractivity contribution in [3.8, 4) is 0 Å². The van der Waals surface area contributed by atoms with E-state index in [1.165, 1.54) is 25.1 Å². The van der Waals surface area contributed by atoms with E-state index in [2.05, 4.69) is 0 Å². The molecule has 0 aliphatic rings. The number of benzene rings is 2. The van der Waals surface area contributed by atoms with Gasteiger partial charge in [-0.3, -0.25) is 0 Å². The van der Waals surface area contributed by atoms with Crippen LogP contribution < -0.4 is 0 Å². The monoisotopic (exact) mass is 302 g/mol. The van der Waals surface area contributed by atoms with Crippen molar-refractivity contribution in [2.75, 3.05) is 0 Å². The van der Waals surface area contributed by atoms with Crippen molar-refractivity contribution in [2.45, 2.75) is 13.0 Å². The molecule has 0 heterocycles. The maximum Gasteiger partial charge on any atom is 0.132 e. The molecular formula is C14H10Cl2F2O. The average molecular weight is 303 g/mol. The Bertz CT molecular complexity index is 629. The summed E-state index contributed by atoms with van der Waals surface area (Å²) in [4.78, 5) is 0. The molecule has 1 nitrogen and oxygen atoms in total. The van der Waals surface area contributed by atoms with Crippen LogP contribution in [0.4, 0.5) is 8.78 Å². The van der Waals surface area contributed by atoms with E-state index in [9.17, 15) is 13.9 Å². The van der Waals surface area contributed by atoms with Gasteiger partial charge in [-0.25, -0.2) is 8.78 Å². The molecule has 2 aromatic rings. The predicted molar refractivity (Wildman–Crippen MR) is 71.6 cm³/mol. The molecule has 1 atom stereocenters. The summed E-state index contributed by atoms with van der Waals surface area (Å²) in [6, 6.07) is 6.52. The van der Waals surface area contributed by atoms with Crippen LogP contribution in [0.15, 0.2) is 30.3 Å². The highest BCUT2D eigenvalue weighted by atomic mass is 35.5. The summed E-state index contributed by atoms with van der Waals surface area (Å²) in [5.74, 6) is -1.49. The Labute approximate surface area is 119 Å². The summed E-state index contributed by atoms with van der Waals surface area (Å²) in [5, 5.41) is 10.8. The van der Waals surface area contributed by atoms with E-state index in [1.807, 2.05) is 0 Å². The van der Waals surface area contributed by atoms with Crippen molar-refractivity contribution in [1.29, 1.82) is 0 Å². The Morgan fingerprint density at radius 3 is 2.37 bits per heavy atom. The third-order valence-electron chi connectivity index (χ3n) is 2.83. The molecule has 0 saturated carbocycles. The number of hydrogen-bond donors (Lipinski definition) is 1. The smallest absolute Gasteiger partial charge is 0.132 e. The van der Waals surface area contributed by atoms with Gasteiger partial charge in [0.2, 0.25) is 0 Å². The average Bonchev–Trinajstić information content (AvgIpc) is 2.36. The zero-order valence-electron chi connectivity index (χ0n) is 9.92. The molecule has 0 spiro atoms. The number of halogens is 4. The van der Waals surface area contributed by atoms with E-state index in [-0.39, 0.29) is 21.7 Å². The van der Waals surface area contributed by atoms with Crippen LogP contribution >= 0.6 is 23.2 Å². The quantitative estimate of drug-likeness (QED) is 0.855. The fraction of sp³-hybridized carbons (Fsp3) is 0.143. The molecule has 0 fully saturated rings. The summed E-state index contributed by atoms with van der Waals surface area (Å²) in [6.07, 6.45) is -1.30. The number of aliphatic hydroxyl groups is 1. The topological polar surface area (TPSA) is 20.2 Å². The maximum absolute atomic E-state index is 13.7. The number of hydrogen-bond acceptors (Lipinski definition) is 1. The third kappa shape index (κ3) is 2.89. The van der Waals surface area contributed by atoms with E-state index in [1.54, 1.807) is 6.07 Å². The Morgan fingerprint density at radius 1 is 1.00 bits per heavy atom. The lowest BCUT2D eigenvalue weighted by atomic mass is 9.99. The highest BCUT2D eigenvalue weighted by molar-refractivity contribution is 6.33. The lowest BCUT2D eigenvalue weighted by Gasteiger charge is -2.15. The second kappa shape index (κ2) is 5.45. The van der Waals surface area contributed by atoms with Gasteiger partial charge >= 0.3 is 0 Å². The minimum atomic E-state index is -1.30. The third-order valence-corrected chi connectivity index (χ3v) is 3.40. The van der Waals surface area contributed by atoms with Crippen molar-refractivity contribution in [2.24, 2.45) is 0 Å². The first-order valence-corrected chi connectivity index (χ1v) is 6.24. The van der Waals surface area contributed by atoms with Crippen LogP contribution in [0.2, 0.25) is 10.0 Å². The summed E-state index contributed by atoms with van der Waals surface area (Å²) >= 11 is 11.8. The van der Waals surface area contributed by atoms with E-state index < -0.39 is 17.7 Å². The molecule has 0 bridgehead atoms. The van der Waals surface area contributed by atoms with E-state index in [0.717, 1.165) is 6.07 Å². The van der Waals surface area contributed by atoms with Gasteiger partial charge in [0.1, 0.15) is 17.7 Å². The zero-order valence-corrected chi connectivity index (χ0v) is 11.4. The van der Waals surface area contributed by atoms with Crippen LogP contribution in [0.25, 0.3) is 0 Å². The summed E-state index contributed by atoms with van der Waals surface area (Å²) in [5.41, 5.74) is 0.482. The van der Waals surface area contributed by atoms with Gasteiger partial charge in [-0.2, -0.15) is 0 Å². The molecule has 1 N–H and O–H groups in total. The Hall–Kier alpha value is -1.16. The molecule has 0 aliphatic heterocycles. The minimum Gasteiger partial charge on any atom is -0.383 e. The fourth-order valence-corrected chi connectivity index (χ4v) is 2.18. The summed E-state index contributed by atoms with van der Waals surface area (Å²) < 4.78 is 26.9. The van der Waals surface area contributed by atoms with Crippen LogP contribution in [0.1, 0.15) is 22.8 Å². The van der Waals surface area contributed by atoms with Crippen LogP contribution in [0.5, 0.6) is 0 Å². The van der Waals surface area contributed by atoms with Crippen molar-refractivity contribution >= 4 is 23.2 Å². The SMILES string of the molecule is Cc1cc(C(O)c2cc(Cl)ccc2Cl)c(F)cc1F. The standard InChI is InChI=1S/C14H10Cl2F2O/c1-7-4-10(13(18)6-12(7)17)14(19)9-5-8(15)2-3-11(9)16/h2-6,14,19H,1H3. The van der Waals surface area contributed by atoms with Crippen LogP contribution in [0.3, 0.4) is 0 Å². The van der Waals surface area contributed by atoms with Gasteiger partial charge in [-0.05, 0) is 36.8 Å². The number of aryl methyl sites for hydroxylation is 1. The van der Waals surface area contributed by atoms with E-state index in [0.29, 0.717) is 5.02 Å². The molecule has 0 amide bonds. The largest absolute Gasteiger partial charge is 0.383 e. The first-order valence-electron chi connectivity index (χ1n) is 5.48. The maximum atomic E-state index is 13.7. The summed E-state index contributed by atoms with van der Waals surface area (Å²) in [7, 11) is 0. The molecule has 19 heavy (non-hydrogen) atoms. The van der Waals surface area contributed by atoms with Gasteiger partial charge < -0.3 is 5.11 Å². The van der Waals surface area contributed by atoms with Crippen LogP contribution in [0, 0.1) is 18.6 Å². The lowest BCUT2D eigenvalue weighted by molar-refractivity contribution is 0.214. The predicted octanol–water partition coefficient (Wildman–Crippen LogP) is 4.66. The van der Waals surface area contributed by atoms with Gasteiger partial charge in [0, 0.05) is 27.2 Å².